The van der Waals surface area contributed by atoms with Crippen molar-refractivity contribution in [3.8, 4) is 17.2 Å². The van der Waals surface area contributed by atoms with Gasteiger partial charge in [-0.05, 0) is 60.5 Å². The Kier molecular flexibility index (Phi) is 4.18. The van der Waals surface area contributed by atoms with Crippen molar-refractivity contribution >= 4 is 16.6 Å². The van der Waals surface area contributed by atoms with E-state index in [0.29, 0.717) is 16.8 Å². The number of hydrogen-bond donors (Lipinski definition) is 0. The van der Waals surface area contributed by atoms with Gasteiger partial charge in [0.2, 0.25) is 0 Å². The fraction of sp³-hybridized carbons (Fsp3) is 0.0870. The number of nitrogens with zero attached hydrogens (tertiary/aromatic N) is 6. The Morgan fingerprint density at radius 2 is 1.90 bits per heavy atom. The van der Waals surface area contributed by atoms with Gasteiger partial charge < -0.3 is 0 Å². The molecular weight excluding hydrogens is 379 g/mol. The lowest BCUT2D eigenvalue weighted by molar-refractivity contribution is 0.377. The van der Waals surface area contributed by atoms with Crippen molar-refractivity contribution in [2.75, 3.05) is 0 Å². The second-order valence-corrected chi connectivity index (χ2v) is 7.03. The van der Waals surface area contributed by atoms with E-state index in [2.05, 4.69) is 26.3 Å². The van der Waals surface area contributed by atoms with Crippen LogP contribution in [0.1, 0.15) is 28.8 Å². The fourth-order valence-corrected chi connectivity index (χ4v) is 3.44. The van der Waals surface area contributed by atoms with Gasteiger partial charge in [0, 0.05) is 17.1 Å². The molecule has 0 saturated carbocycles. The highest BCUT2D eigenvalue weighted by Crippen LogP contribution is 2.29. The summed E-state index contributed by atoms with van der Waals surface area (Å²) in [6, 6.07) is 20.2. The quantitative estimate of drug-likeness (QED) is 0.448. The molecule has 0 radical (unpaired) electrons. The van der Waals surface area contributed by atoms with Crippen molar-refractivity contribution in [2.24, 2.45) is 0 Å². The summed E-state index contributed by atoms with van der Waals surface area (Å²) in [7, 11) is 0. The average Bonchev–Trinajstić information content (AvgIpc) is 3.20. The SMILES string of the molecule is Cc1ccc2nnc(C(F)c3ccc4ncc(-c5cccc(C#N)c5)cc4c3)n2n1. The summed E-state index contributed by atoms with van der Waals surface area (Å²) in [6.07, 6.45) is 0.272. The van der Waals surface area contributed by atoms with Gasteiger partial charge in [0.1, 0.15) is 0 Å². The number of pyridine rings is 1. The minimum Gasteiger partial charge on any atom is -0.256 e. The summed E-state index contributed by atoms with van der Waals surface area (Å²) in [5, 5.41) is 22.3. The summed E-state index contributed by atoms with van der Waals surface area (Å²) in [5.74, 6) is 0.138. The first-order valence-corrected chi connectivity index (χ1v) is 9.36. The molecule has 0 fully saturated rings. The Labute approximate surface area is 171 Å². The maximum Gasteiger partial charge on any atom is 0.193 e. The van der Waals surface area contributed by atoms with Gasteiger partial charge in [-0.1, -0.05) is 18.2 Å². The Morgan fingerprint density at radius 1 is 1.00 bits per heavy atom. The van der Waals surface area contributed by atoms with E-state index in [1.807, 2.05) is 31.2 Å². The first-order chi connectivity index (χ1) is 14.6. The van der Waals surface area contributed by atoms with Crippen molar-refractivity contribution in [1.82, 2.24) is 24.8 Å². The lowest BCUT2D eigenvalue weighted by Gasteiger charge is -2.09. The predicted octanol–water partition coefficient (Wildman–Crippen LogP) is 4.58. The molecule has 3 heterocycles. The maximum atomic E-state index is 15.4. The van der Waals surface area contributed by atoms with E-state index in [4.69, 9.17) is 5.26 Å². The third-order valence-electron chi connectivity index (χ3n) is 4.97. The van der Waals surface area contributed by atoms with E-state index < -0.39 is 6.17 Å². The number of fused-ring (bicyclic) bond motifs is 2. The Hall–Kier alpha value is -4.18. The number of rotatable bonds is 3. The smallest absolute Gasteiger partial charge is 0.193 e. The third kappa shape index (κ3) is 3.05. The molecule has 0 aliphatic rings. The van der Waals surface area contributed by atoms with E-state index in [1.165, 1.54) is 4.52 Å². The van der Waals surface area contributed by atoms with Gasteiger partial charge in [-0.3, -0.25) is 4.98 Å². The first-order valence-electron chi connectivity index (χ1n) is 9.36. The van der Waals surface area contributed by atoms with E-state index >= 15 is 4.39 Å². The van der Waals surface area contributed by atoms with Crippen LogP contribution in [0.2, 0.25) is 0 Å². The molecule has 0 bridgehead atoms. The maximum absolute atomic E-state index is 15.4. The van der Waals surface area contributed by atoms with Crippen LogP contribution in [0.4, 0.5) is 4.39 Å². The molecule has 1 atom stereocenters. The lowest BCUT2D eigenvalue weighted by atomic mass is 10.0. The molecule has 3 aromatic heterocycles. The zero-order valence-corrected chi connectivity index (χ0v) is 16.0. The van der Waals surface area contributed by atoms with Crippen LogP contribution in [0.15, 0.2) is 66.9 Å². The van der Waals surface area contributed by atoms with Crippen LogP contribution in [0.25, 0.3) is 27.7 Å². The topological polar surface area (TPSA) is 79.8 Å². The number of aryl methyl sites for hydroxylation is 1. The predicted molar refractivity (Wildman–Crippen MR) is 110 cm³/mol. The second-order valence-electron chi connectivity index (χ2n) is 7.03. The molecule has 5 rings (SSSR count). The van der Waals surface area contributed by atoms with Gasteiger partial charge in [-0.25, -0.2) is 4.39 Å². The van der Waals surface area contributed by atoms with Gasteiger partial charge in [0.05, 0.1) is 22.8 Å². The van der Waals surface area contributed by atoms with Gasteiger partial charge >= 0.3 is 0 Å². The van der Waals surface area contributed by atoms with Crippen molar-refractivity contribution in [1.29, 1.82) is 5.26 Å². The molecule has 2 aromatic carbocycles. The van der Waals surface area contributed by atoms with Crippen LogP contribution in [0, 0.1) is 18.3 Å². The Bertz CT molecular complexity index is 1450. The summed E-state index contributed by atoms with van der Waals surface area (Å²) in [6.45, 7) is 1.83. The third-order valence-corrected chi connectivity index (χ3v) is 4.97. The summed E-state index contributed by atoms with van der Waals surface area (Å²) in [5.41, 5.74) is 4.77. The lowest BCUT2D eigenvalue weighted by Crippen LogP contribution is -2.04. The molecule has 0 aliphatic carbocycles. The van der Waals surface area contributed by atoms with Crippen LogP contribution < -0.4 is 0 Å². The van der Waals surface area contributed by atoms with Gasteiger partial charge in [0.15, 0.2) is 17.6 Å². The van der Waals surface area contributed by atoms with Crippen molar-refractivity contribution in [2.45, 2.75) is 13.1 Å². The van der Waals surface area contributed by atoms with Crippen molar-refractivity contribution in [3.63, 3.8) is 0 Å². The minimum absolute atomic E-state index is 0.138. The summed E-state index contributed by atoms with van der Waals surface area (Å²) in [4.78, 5) is 4.49. The number of aromatic nitrogens is 5. The minimum atomic E-state index is -1.48. The average molecular weight is 394 g/mol. The highest BCUT2D eigenvalue weighted by molar-refractivity contribution is 5.84. The van der Waals surface area contributed by atoms with E-state index in [1.54, 1.807) is 42.6 Å². The largest absolute Gasteiger partial charge is 0.256 e. The molecule has 0 amide bonds. The van der Waals surface area contributed by atoms with E-state index in [-0.39, 0.29) is 5.82 Å². The number of nitriles is 1. The Morgan fingerprint density at radius 3 is 2.77 bits per heavy atom. The molecule has 0 saturated heterocycles. The molecular formula is C23H15FN6. The van der Waals surface area contributed by atoms with Crippen LogP contribution in [-0.2, 0) is 0 Å². The monoisotopic (exact) mass is 394 g/mol. The van der Waals surface area contributed by atoms with Crippen molar-refractivity contribution < 1.29 is 4.39 Å². The first kappa shape index (κ1) is 17.9. The van der Waals surface area contributed by atoms with Gasteiger partial charge in [-0.2, -0.15) is 14.9 Å². The van der Waals surface area contributed by atoms with E-state index in [0.717, 1.165) is 27.7 Å². The molecule has 5 aromatic rings. The normalized spacial score (nSPS) is 12.2. The molecule has 7 heteroatoms. The van der Waals surface area contributed by atoms with Gasteiger partial charge in [-0.15, -0.1) is 10.2 Å². The number of benzene rings is 2. The zero-order valence-electron chi connectivity index (χ0n) is 16.0. The summed E-state index contributed by atoms with van der Waals surface area (Å²) < 4.78 is 16.8. The number of alkyl halides is 1. The van der Waals surface area contributed by atoms with E-state index in [9.17, 15) is 0 Å². The Balaban J connectivity index is 1.58. The number of halogens is 1. The highest BCUT2D eigenvalue weighted by atomic mass is 19.1. The van der Waals surface area contributed by atoms with Crippen LogP contribution >= 0.6 is 0 Å². The standard InChI is InChI=1S/C23H15FN6/c1-14-5-8-21-27-28-23(30(21)29-14)22(24)17-6-7-20-18(10-17)11-19(13-26-20)16-4-2-3-15(9-16)12-25/h2-11,13,22H,1H3. The van der Waals surface area contributed by atoms with Gasteiger partial charge in [0.25, 0.3) is 0 Å². The highest BCUT2D eigenvalue weighted by Gasteiger charge is 2.21. The van der Waals surface area contributed by atoms with Crippen LogP contribution in [-0.4, -0.2) is 24.8 Å². The molecule has 30 heavy (non-hydrogen) atoms. The van der Waals surface area contributed by atoms with Crippen molar-refractivity contribution in [3.05, 3.63) is 89.5 Å². The van der Waals surface area contributed by atoms with Crippen LogP contribution in [0.3, 0.4) is 0 Å². The number of hydrogen-bond acceptors (Lipinski definition) is 5. The fourth-order valence-electron chi connectivity index (χ4n) is 3.44. The molecule has 0 aliphatic heterocycles. The molecule has 6 nitrogen and oxygen atoms in total. The second kappa shape index (κ2) is 7.01. The molecule has 0 spiro atoms. The summed E-state index contributed by atoms with van der Waals surface area (Å²) >= 11 is 0. The molecule has 144 valence electrons. The van der Waals surface area contributed by atoms with Crippen LogP contribution in [0.5, 0.6) is 0 Å². The molecule has 0 N–H and O–H groups in total. The zero-order chi connectivity index (χ0) is 20.7. The molecule has 1 unspecified atom stereocenters.